The number of fused-ring (bicyclic) bond motifs is 2. The number of ether oxygens (including phenoxy) is 1. The standard InChI is InChI=1S/C33H28O2/c1-33(2)28-27(22-14-6-3-7-15-22)25-20-12-13-21-26(25)32(28)35-31(24-18-10-5-11-19-24)29(33)30(34)23-16-8-4-9-17-23/h3-21,27,29,31H,1-2H3. The molecule has 4 aromatic rings. The Morgan fingerprint density at radius 2 is 1.23 bits per heavy atom. The van der Waals surface area contributed by atoms with E-state index in [9.17, 15) is 4.79 Å². The second kappa shape index (κ2) is 8.39. The van der Waals surface area contributed by atoms with Crippen molar-refractivity contribution in [3.05, 3.63) is 149 Å². The molecule has 3 unspecified atom stereocenters. The second-order valence-electron chi connectivity index (χ2n) is 10.1. The van der Waals surface area contributed by atoms with Crippen molar-refractivity contribution in [2.75, 3.05) is 0 Å². The Bertz CT molecular complexity index is 1400. The number of ketones is 1. The Balaban J connectivity index is 1.58. The number of benzene rings is 4. The first-order valence-electron chi connectivity index (χ1n) is 12.3. The first-order chi connectivity index (χ1) is 17.1. The molecule has 0 spiro atoms. The molecule has 2 heteroatoms. The normalized spacial score (nSPS) is 22.2. The number of hydrogen-bond donors (Lipinski definition) is 0. The Kier molecular flexibility index (Phi) is 5.18. The summed E-state index contributed by atoms with van der Waals surface area (Å²) in [6, 6.07) is 39.0. The minimum atomic E-state index is -0.444. The maximum absolute atomic E-state index is 14.2. The van der Waals surface area contributed by atoms with E-state index in [-0.39, 0.29) is 23.7 Å². The fourth-order valence-electron chi connectivity index (χ4n) is 6.06. The van der Waals surface area contributed by atoms with Crippen LogP contribution in [0.2, 0.25) is 0 Å². The zero-order chi connectivity index (χ0) is 24.0. The third-order valence-electron chi connectivity index (χ3n) is 7.67. The van der Waals surface area contributed by atoms with Crippen molar-refractivity contribution in [3.8, 4) is 0 Å². The van der Waals surface area contributed by atoms with Crippen molar-refractivity contribution in [3.63, 3.8) is 0 Å². The smallest absolute Gasteiger partial charge is 0.170 e. The molecular weight excluding hydrogens is 428 g/mol. The molecule has 4 aromatic carbocycles. The fourth-order valence-corrected chi connectivity index (χ4v) is 6.06. The molecule has 0 radical (unpaired) electrons. The first kappa shape index (κ1) is 21.6. The zero-order valence-corrected chi connectivity index (χ0v) is 20.0. The van der Waals surface area contributed by atoms with Crippen LogP contribution in [0, 0.1) is 11.3 Å². The Labute approximate surface area is 206 Å². The molecule has 35 heavy (non-hydrogen) atoms. The molecule has 3 atom stereocenters. The molecule has 2 nitrogen and oxygen atoms in total. The van der Waals surface area contributed by atoms with E-state index in [1.807, 2.05) is 48.5 Å². The van der Waals surface area contributed by atoms with Gasteiger partial charge in [0.05, 0.1) is 5.92 Å². The van der Waals surface area contributed by atoms with Crippen molar-refractivity contribution in [1.29, 1.82) is 0 Å². The lowest BCUT2D eigenvalue weighted by Crippen LogP contribution is -2.42. The highest BCUT2D eigenvalue weighted by atomic mass is 16.5. The van der Waals surface area contributed by atoms with E-state index in [0.717, 1.165) is 22.4 Å². The van der Waals surface area contributed by atoms with Crippen LogP contribution in [0.25, 0.3) is 5.76 Å². The van der Waals surface area contributed by atoms with E-state index >= 15 is 0 Å². The van der Waals surface area contributed by atoms with Gasteiger partial charge in [0.1, 0.15) is 11.9 Å². The number of allylic oxidation sites excluding steroid dienone is 1. The lowest BCUT2D eigenvalue weighted by molar-refractivity contribution is 0.0235. The van der Waals surface area contributed by atoms with Gasteiger partial charge in [-0.25, -0.2) is 0 Å². The van der Waals surface area contributed by atoms with Gasteiger partial charge in [0.25, 0.3) is 0 Å². The first-order valence-corrected chi connectivity index (χ1v) is 12.3. The van der Waals surface area contributed by atoms with Crippen LogP contribution in [-0.2, 0) is 4.74 Å². The molecule has 0 fully saturated rings. The van der Waals surface area contributed by atoms with Gasteiger partial charge in [-0.15, -0.1) is 0 Å². The van der Waals surface area contributed by atoms with Crippen molar-refractivity contribution in [1.82, 2.24) is 0 Å². The summed E-state index contributed by atoms with van der Waals surface area (Å²) < 4.78 is 6.92. The summed E-state index contributed by atoms with van der Waals surface area (Å²) in [4.78, 5) is 14.2. The van der Waals surface area contributed by atoms with Gasteiger partial charge in [0.2, 0.25) is 0 Å². The molecule has 0 N–H and O–H groups in total. The molecule has 0 saturated heterocycles. The van der Waals surface area contributed by atoms with Crippen molar-refractivity contribution in [2.24, 2.45) is 11.3 Å². The maximum Gasteiger partial charge on any atom is 0.170 e. The Hall–Kier alpha value is -3.91. The van der Waals surface area contributed by atoms with Gasteiger partial charge in [-0.05, 0) is 22.3 Å². The van der Waals surface area contributed by atoms with E-state index in [4.69, 9.17) is 4.74 Å². The molecule has 0 saturated carbocycles. The van der Waals surface area contributed by atoms with E-state index in [0.29, 0.717) is 0 Å². The molecule has 1 heterocycles. The summed E-state index contributed by atoms with van der Waals surface area (Å²) in [5.41, 5.74) is 6.12. The van der Waals surface area contributed by atoms with Crippen molar-refractivity contribution in [2.45, 2.75) is 25.9 Å². The van der Waals surface area contributed by atoms with Crippen LogP contribution in [0.5, 0.6) is 0 Å². The third kappa shape index (κ3) is 3.44. The molecule has 0 aromatic heterocycles. The Morgan fingerprint density at radius 1 is 0.686 bits per heavy atom. The van der Waals surface area contributed by atoms with Crippen molar-refractivity contribution < 1.29 is 9.53 Å². The number of rotatable bonds is 4. The topological polar surface area (TPSA) is 26.3 Å². The van der Waals surface area contributed by atoms with Gasteiger partial charge in [-0.1, -0.05) is 129 Å². The summed E-state index contributed by atoms with van der Waals surface area (Å²) in [7, 11) is 0. The maximum atomic E-state index is 14.2. The van der Waals surface area contributed by atoms with Gasteiger partial charge < -0.3 is 4.74 Å². The molecular formula is C33H28O2. The molecule has 0 bridgehead atoms. The summed E-state index contributed by atoms with van der Waals surface area (Å²) in [6.45, 7) is 4.46. The van der Waals surface area contributed by atoms with Crippen molar-refractivity contribution >= 4 is 11.5 Å². The summed E-state index contributed by atoms with van der Waals surface area (Å²) in [6.07, 6.45) is -0.375. The van der Waals surface area contributed by atoms with E-state index < -0.39 is 5.41 Å². The second-order valence-corrected chi connectivity index (χ2v) is 10.1. The number of carbonyl (C=O) groups is 1. The summed E-state index contributed by atoms with van der Waals surface area (Å²) in [5, 5.41) is 0. The quantitative estimate of drug-likeness (QED) is 0.292. The number of carbonyl (C=O) groups excluding carboxylic acids is 1. The molecule has 1 aliphatic carbocycles. The van der Waals surface area contributed by atoms with Crippen LogP contribution in [0.3, 0.4) is 0 Å². The lowest BCUT2D eigenvalue weighted by atomic mass is 9.62. The number of hydrogen-bond acceptors (Lipinski definition) is 2. The molecule has 2 aliphatic rings. The van der Waals surface area contributed by atoms with Gasteiger partial charge >= 0.3 is 0 Å². The highest BCUT2D eigenvalue weighted by Crippen LogP contribution is 2.61. The van der Waals surface area contributed by atoms with Gasteiger partial charge in [-0.2, -0.15) is 0 Å². The van der Waals surface area contributed by atoms with Crippen LogP contribution < -0.4 is 0 Å². The van der Waals surface area contributed by atoms with Crippen LogP contribution in [0.1, 0.15) is 58.5 Å². The molecule has 172 valence electrons. The minimum Gasteiger partial charge on any atom is -0.484 e. The molecule has 0 amide bonds. The zero-order valence-electron chi connectivity index (χ0n) is 20.0. The molecule has 1 aliphatic heterocycles. The van der Waals surface area contributed by atoms with Crippen LogP contribution >= 0.6 is 0 Å². The summed E-state index contributed by atoms with van der Waals surface area (Å²) >= 11 is 0. The van der Waals surface area contributed by atoms with Crippen LogP contribution in [0.15, 0.2) is 121 Å². The van der Waals surface area contributed by atoms with E-state index in [1.165, 1.54) is 16.7 Å². The van der Waals surface area contributed by atoms with E-state index in [1.54, 1.807) is 0 Å². The average molecular weight is 457 g/mol. The largest absolute Gasteiger partial charge is 0.484 e. The SMILES string of the molecule is CC1(C)C2=C(OC(c3ccccc3)C1C(=O)c1ccccc1)c1ccccc1C2c1ccccc1. The van der Waals surface area contributed by atoms with Gasteiger partial charge in [0, 0.05) is 22.5 Å². The van der Waals surface area contributed by atoms with Gasteiger partial charge in [-0.3, -0.25) is 4.79 Å². The predicted octanol–water partition coefficient (Wildman–Crippen LogP) is 7.84. The summed E-state index contributed by atoms with van der Waals surface area (Å²) in [5.74, 6) is 0.746. The average Bonchev–Trinajstić information content (AvgIpc) is 3.25. The van der Waals surface area contributed by atoms with E-state index in [2.05, 4.69) is 80.6 Å². The fraction of sp³-hybridized carbons (Fsp3) is 0.182. The minimum absolute atomic E-state index is 0.0557. The van der Waals surface area contributed by atoms with Gasteiger partial charge in [0.15, 0.2) is 5.78 Å². The number of Topliss-reactive ketones (excluding diaryl/α,β-unsaturated/α-hetero) is 1. The molecule has 6 rings (SSSR count). The third-order valence-corrected chi connectivity index (χ3v) is 7.67. The monoisotopic (exact) mass is 456 g/mol. The highest BCUT2D eigenvalue weighted by Gasteiger charge is 2.54. The van der Waals surface area contributed by atoms with Crippen LogP contribution in [-0.4, -0.2) is 5.78 Å². The Morgan fingerprint density at radius 3 is 1.89 bits per heavy atom. The van der Waals surface area contributed by atoms with Crippen LogP contribution in [0.4, 0.5) is 0 Å². The predicted molar refractivity (Wildman–Crippen MR) is 140 cm³/mol. The lowest BCUT2D eigenvalue weighted by Gasteiger charge is -2.46. The highest BCUT2D eigenvalue weighted by molar-refractivity contribution is 6.00.